The molecular formula is C16H21F3N6. The van der Waals surface area contributed by atoms with E-state index in [4.69, 9.17) is 0 Å². The van der Waals surface area contributed by atoms with Gasteiger partial charge < -0.3 is 9.88 Å². The van der Waals surface area contributed by atoms with Crippen LogP contribution in [0.2, 0.25) is 0 Å². The van der Waals surface area contributed by atoms with Crippen LogP contribution in [0.25, 0.3) is 0 Å². The number of H-pyrrole nitrogens is 1. The minimum absolute atomic E-state index is 0.107. The molecule has 0 spiro atoms. The molecule has 3 rings (SSSR count). The normalized spacial score (nSPS) is 18.6. The first-order valence-electron chi connectivity index (χ1n) is 8.51. The topological polar surface area (TPSA) is 70.6 Å². The number of nitrogens with one attached hydrogen (secondary N) is 1. The van der Waals surface area contributed by atoms with Gasteiger partial charge in [0.1, 0.15) is 11.5 Å². The highest BCUT2D eigenvalue weighted by Crippen LogP contribution is 2.31. The minimum Gasteiger partial charge on any atom is -0.339 e. The third kappa shape index (κ3) is 3.74. The zero-order valence-corrected chi connectivity index (χ0v) is 14.3. The maximum Gasteiger partial charge on any atom is 0.432 e. The summed E-state index contributed by atoms with van der Waals surface area (Å²) in [7, 11) is 0. The number of piperidine rings is 1. The van der Waals surface area contributed by atoms with Crippen LogP contribution < -0.4 is 4.90 Å². The average Bonchev–Trinajstić information content (AvgIpc) is 3.12. The van der Waals surface area contributed by atoms with Gasteiger partial charge in [-0.3, -0.25) is 0 Å². The van der Waals surface area contributed by atoms with Crippen molar-refractivity contribution in [1.29, 1.82) is 0 Å². The summed E-state index contributed by atoms with van der Waals surface area (Å²) in [5, 5.41) is 8.46. The molecule has 0 aliphatic carbocycles. The van der Waals surface area contributed by atoms with E-state index in [-0.39, 0.29) is 5.92 Å². The van der Waals surface area contributed by atoms with E-state index in [1.165, 1.54) is 0 Å². The molecule has 9 heteroatoms. The SMILES string of the molecule is CCc1nnc(N2CCC[C@H](c3ncc(C(F)(F)F)[nH]3)C2)nc1CC. The van der Waals surface area contributed by atoms with E-state index >= 15 is 0 Å². The van der Waals surface area contributed by atoms with Crippen molar-refractivity contribution in [1.82, 2.24) is 25.1 Å². The second kappa shape index (κ2) is 6.97. The van der Waals surface area contributed by atoms with Crippen LogP contribution in [0.3, 0.4) is 0 Å². The summed E-state index contributed by atoms with van der Waals surface area (Å²) < 4.78 is 38.3. The van der Waals surface area contributed by atoms with E-state index < -0.39 is 11.9 Å². The number of hydrogen-bond donors (Lipinski definition) is 1. The third-order valence-corrected chi connectivity index (χ3v) is 4.49. The Kier molecular flexibility index (Phi) is 4.91. The lowest BCUT2D eigenvalue weighted by Gasteiger charge is -2.31. The number of imidazole rings is 1. The largest absolute Gasteiger partial charge is 0.432 e. The van der Waals surface area contributed by atoms with Crippen molar-refractivity contribution in [2.45, 2.75) is 51.6 Å². The monoisotopic (exact) mass is 354 g/mol. The highest BCUT2D eigenvalue weighted by atomic mass is 19.4. The number of anilines is 1. The van der Waals surface area contributed by atoms with Crippen LogP contribution >= 0.6 is 0 Å². The molecule has 6 nitrogen and oxygen atoms in total. The standard InChI is InChI=1S/C16H21F3N6/c1-3-11-12(4-2)23-24-15(21-11)25-7-5-6-10(9-25)14-20-8-13(22-14)16(17,18)19/h8,10H,3-7,9H2,1-2H3,(H,20,22)/t10-/m0/s1. The van der Waals surface area contributed by atoms with Crippen LogP contribution in [0.15, 0.2) is 6.20 Å². The Morgan fingerprint density at radius 1 is 1.20 bits per heavy atom. The van der Waals surface area contributed by atoms with Gasteiger partial charge in [0.2, 0.25) is 5.95 Å². The Labute approximate surface area is 143 Å². The van der Waals surface area contributed by atoms with Gasteiger partial charge in [-0.05, 0) is 25.7 Å². The second-order valence-corrected chi connectivity index (χ2v) is 6.18. The molecule has 2 aromatic heterocycles. The predicted molar refractivity (Wildman–Crippen MR) is 86.4 cm³/mol. The molecule has 136 valence electrons. The zero-order chi connectivity index (χ0) is 18.0. The fourth-order valence-electron chi connectivity index (χ4n) is 3.13. The van der Waals surface area contributed by atoms with Crippen LogP contribution in [-0.2, 0) is 19.0 Å². The molecule has 1 aliphatic heterocycles. The molecule has 1 saturated heterocycles. The maximum atomic E-state index is 12.8. The average molecular weight is 354 g/mol. The summed E-state index contributed by atoms with van der Waals surface area (Å²) >= 11 is 0. The van der Waals surface area contributed by atoms with E-state index in [2.05, 4.69) is 25.1 Å². The second-order valence-electron chi connectivity index (χ2n) is 6.18. The van der Waals surface area contributed by atoms with Crippen LogP contribution in [0.4, 0.5) is 19.1 Å². The molecule has 25 heavy (non-hydrogen) atoms. The number of rotatable bonds is 4. The Morgan fingerprint density at radius 2 is 1.96 bits per heavy atom. The van der Waals surface area contributed by atoms with Gasteiger partial charge in [-0.1, -0.05) is 13.8 Å². The van der Waals surface area contributed by atoms with Gasteiger partial charge in [0.05, 0.1) is 17.6 Å². The van der Waals surface area contributed by atoms with Crippen molar-refractivity contribution >= 4 is 5.95 Å². The molecule has 0 radical (unpaired) electrons. The number of aromatic nitrogens is 5. The quantitative estimate of drug-likeness (QED) is 0.913. The fourth-order valence-corrected chi connectivity index (χ4v) is 3.13. The summed E-state index contributed by atoms with van der Waals surface area (Å²) in [5.74, 6) is 0.802. The van der Waals surface area contributed by atoms with E-state index in [0.717, 1.165) is 49.8 Å². The number of aromatic amines is 1. The van der Waals surface area contributed by atoms with Crippen LogP contribution in [-0.4, -0.2) is 38.2 Å². The zero-order valence-electron chi connectivity index (χ0n) is 14.3. The van der Waals surface area contributed by atoms with E-state index in [0.29, 0.717) is 18.3 Å². The fraction of sp³-hybridized carbons (Fsp3) is 0.625. The summed E-state index contributed by atoms with van der Waals surface area (Å²) in [6.45, 7) is 5.32. The summed E-state index contributed by atoms with van der Waals surface area (Å²) in [4.78, 5) is 12.9. The Morgan fingerprint density at radius 3 is 2.60 bits per heavy atom. The van der Waals surface area contributed by atoms with Crippen molar-refractivity contribution in [3.8, 4) is 0 Å². The highest BCUT2D eigenvalue weighted by molar-refractivity contribution is 5.32. The summed E-state index contributed by atoms with van der Waals surface area (Å²) in [6, 6.07) is 0. The van der Waals surface area contributed by atoms with Crippen molar-refractivity contribution < 1.29 is 13.2 Å². The molecule has 0 unspecified atom stereocenters. The molecule has 3 heterocycles. The van der Waals surface area contributed by atoms with E-state index in [1.807, 2.05) is 18.7 Å². The smallest absolute Gasteiger partial charge is 0.339 e. The first-order valence-corrected chi connectivity index (χ1v) is 8.51. The van der Waals surface area contributed by atoms with Gasteiger partial charge in [-0.15, -0.1) is 5.10 Å². The number of halogens is 3. The molecule has 1 atom stereocenters. The van der Waals surface area contributed by atoms with Crippen molar-refractivity contribution in [3.63, 3.8) is 0 Å². The first kappa shape index (κ1) is 17.6. The van der Waals surface area contributed by atoms with Crippen LogP contribution in [0.1, 0.15) is 55.5 Å². The van der Waals surface area contributed by atoms with E-state index in [9.17, 15) is 13.2 Å². The third-order valence-electron chi connectivity index (χ3n) is 4.49. The molecule has 0 aromatic carbocycles. The van der Waals surface area contributed by atoms with E-state index in [1.54, 1.807) is 0 Å². The number of alkyl halides is 3. The van der Waals surface area contributed by atoms with Crippen molar-refractivity contribution in [2.75, 3.05) is 18.0 Å². The van der Waals surface area contributed by atoms with Crippen molar-refractivity contribution in [3.05, 3.63) is 29.1 Å². The van der Waals surface area contributed by atoms with Gasteiger partial charge >= 0.3 is 6.18 Å². The van der Waals surface area contributed by atoms with Crippen LogP contribution in [0.5, 0.6) is 0 Å². The van der Waals surface area contributed by atoms with Gasteiger partial charge in [0.15, 0.2) is 0 Å². The maximum absolute atomic E-state index is 12.8. The van der Waals surface area contributed by atoms with Gasteiger partial charge in [0.25, 0.3) is 0 Å². The lowest BCUT2D eigenvalue weighted by atomic mass is 9.97. The molecule has 0 amide bonds. The molecule has 0 saturated carbocycles. The first-order chi connectivity index (χ1) is 11.9. The van der Waals surface area contributed by atoms with Crippen LogP contribution in [0, 0.1) is 0 Å². The lowest BCUT2D eigenvalue weighted by Crippen LogP contribution is -2.36. The Hall–Kier alpha value is -2.19. The van der Waals surface area contributed by atoms with Gasteiger partial charge in [-0.25, -0.2) is 9.97 Å². The summed E-state index contributed by atoms with van der Waals surface area (Å²) in [5.41, 5.74) is 1.01. The van der Waals surface area contributed by atoms with Crippen molar-refractivity contribution in [2.24, 2.45) is 0 Å². The van der Waals surface area contributed by atoms with Gasteiger partial charge in [0, 0.05) is 19.0 Å². The van der Waals surface area contributed by atoms with Gasteiger partial charge in [-0.2, -0.15) is 18.3 Å². The molecule has 0 bridgehead atoms. The number of aryl methyl sites for hydroxylation is 2. The molecule has 2 aromatic rings. The number of hydrogen-bond acceptors (Lipinski definition) is 5. The molecule has 1 fully saturated rings. The summed E-state index contributed by atoms with van der Waals surface area (Å²) in [6.07, 6.45) is -0.375. The Balaban J connectivity index is 1.78. The molecule has 1 aliphatic rings. The Bertz CT molecular complexity index is 727. The lowest BCUT2D eigenvalue weighted by molar-refractivity contribution is -0.141. The highest BCUT2D eigenvalue weighted by Gasteiger charge is 2.34. The predicted octanol–water partition coefficient (Wildman–Crippen LogP) is 3.12. The minimum atomic E-state index is -4.40. The molecule has 1 N–H and O–H groups in total. The number of nitrogens with zero attached hydrogens (tertiary/aromatic N) is 5. The molecular weight excluding hydrogens is 333 g/mol.